The number of aryl methyl sites for hydroxylation is 1. The molecule has 2 N–H and O–H groups in total. The standard InChI is InChI=1S/C16H15F2NO2/c1-9-3-4-11(7-14(9)17)10(2)19-16(21)13-6-5-12(20)8-15(13)18/h3-8,10,20H,1-2H3,(H,19,21). The van der Waals surface area contributed by atoms with Gasteiger partial charge >= 0.3 is 0 Å². The quantitative estimate of drug-likeness (QED) is 0.909. The Kier molecular flexibility index (Phi) is 4.21. The molecule has 0 bridgehead atoms. The average Bonchev–Trinajstić information content (AvgIpc) is 2.41. The van der Waals surface area contributed by atoms with Crippen LogP contribution in [0.4, 0.5) is 8.78 Å². The fraction of sp³-hybridized carbons (Fsp3) is 0.188. The van der Waals surface area contributed by atoms with E-state index in [1.54, 1.807) is 26.0 Å². The number of benzene rings is 2. The van der Waals surface area contributed by atoms with E-state index in [0.29, 0.717) is 11.1 Å². The average molecular weight is 291 g/mol. The highest BCUT2D eigenvalue weighted by atomic mass is 19.1. The number of halogens is 2. The molecule has 21 heavy (non-hydrogen) atoms. The van der Waals surface area contributed by atoms with Crippen molar-refractivity contribution in [3.05, 3.63) is 64.7 Å². The van der Waals surface area contributed by atoms with Gasteiger partial charge in [-0.05, 0) is 43.2 Å². The van der Waals surface area contributed by atoms with Crippen LogP contribution in [-0.2, 0) is 0 Å². The second-order valence-electron chi connectivity index (χ2n) is 4.87. The van der Waals surface area contributed by atoms with Crippen LogP contribution in [0.25, 0.3) is 0 Å². The van der Waals surface area contributed by atoms with E-state index in [4.69, 9.17) is 5.11 Å². The Bertz CT molecular complexity index is 686. The summed E-state index contributed by atoms with van der Waals surface area (Å²) < 4.78 is 27.1. The number of amides is 1. The maximum Gasteiger partial charge on any atom is 0.254 e. The molecule has 1 amide bonds. The van der Waals surface area contributed by atoms with Crippen LogP contribution in [-0.4, -0.2) is 11.0 Å². The van der Waals surface area contributed by atoms with Crippen LogP contribution in [0.2, 0.25) is 0 Å². The van der Waals surface area contributed by atoms with Gasteiger partial charge in [-0.25, -0.2) is 8.78 Å². The number of hydrogen-bond donors (Lipinski definition) is 2. The summed E-state index contributed by atoms with van der Waals surface area (Å²) in [5, 5.41) is 11.7. The summed E-state index contributed by atoms with van der Waals surface area (Å²) >= 11 is 0. The molecule has 0 aliphatic rings. The van der Waals surface area contributed by atoms with Crippen molar-refractivity contribution in [2.24, 2.45) is 0 Å². The molecule has 3 nitrogen and oxygen atoms in total. The van der Waals surface area contributed by atoms with Crippen LogP contribution in [0.15, 0.2) is 36.4 Å². The molecule has 2 aromatic rings. The van der Waals surface area contributed by atoms with Gasteiger partial charge < -0.3 is 10.4 Å². The van der Waals surface area contributed by atoms with Crippen molar-refractivity contribution in [3.63, 3.8) is 0 Å². The van der Waals surface area contributed by atoms with E-state index in [2.05, 4.69) is 5.32 Å². The first-order valence-corrected chi connectivity index (χ1v) is 6.44. The van der Waals surface area contributed by atoms with Gasteiger partial charge in [0.2, 0.25) is 0 Å². The first-order chi connectivity index (χ1) is 9.88. The molecule has 2 aromatic carbocycles. The minimum absolute atomic E-state index is 0.174. The third-order valence-electron chi connectivity index (χ3n) is 3.24. The number of aromatic hydroxyl groups is 1. The predicted molar refractivity (Wildman–Crippen MR) is 75.1 cm³/mol. The highest BCUT2D eigenvalue weighted by Gasteiger charge is 2.16. The number of rotatable bonds is 3. The molecule has 0 heterocycles. The molecule has 0 radical (unpaired) electrons. The lowest BCUT2D eigenvalue weighted by atomic mass is 10.1. The Morgan fingerprint density at radius 3 is 2.48 bits per heavy atom. The lowest BCUT2D eigenvalue weighted by Gasteiger charge is -2.15. The van der Waals surface area contributed by atoms with Crippen LogP contribution in [0, 0.1) is 18.6 Å². The van der Waals surface area contributed by atoms with Gasteiger partial charge in [-0.15, -0.1) is 0 Å². The van der Waals surface area contributed by atoms with Gasteiger partial charge in [-0.2, -0.15) is 0 Å². The molecule has 0 spiro atoms. The minimum Gasteiger partial charge on any atom is -0.508 e. The van der Waals surface area contributed by atoms with Crippen LogP contribution >= 0.6 is 0 Å². The lowest BCUT2D eigenvalue weighted by molar-refractivity contribution is 0.0935. The van der Waals surface area contributed by atoms with Gasteiger partial charge in [0.1, 0.15) is 17.4 Å². The van der Waals surface area contributed by atoms with Gasteiger partial charge in [-0.1, -0.05) is 12.1 Å². The van der Waals surface area contributed by atoms with Gasteiger partial charge in [0.15, 0.2) is 0 Å². The first kappa shape index (κ1) is 15.0. The Morgan fingerprint density at radius 2 is 1.86 bits per heavy atom. The smallest absolute Gasteiger partial charge is 0.254 e. The molecule has 2 rings (SSSR count). The fourth-order valence-corrected chi connectivity index (χ4v) is 1.92. The zero-order valence-corrected chi connectivity index (χ0v) is 11.7. The van der Waals surface area contributed by atoms with Crippen molar-refractivity contribution in [2.75, 3.05) is 0 Å². The number of nitrogens with one attached hydrogen (secondary N) is 1. The SMILES string of the molecule is Cc1ccc(C(C)NC(=O)c2ccc(O)cc2F)cc1F. The Hall–Kier alpha value is -2.43. The summed E-state index contributed by atoms with van der Waals surface area (Å²) in [5.41, 5.74) is 0.930. The van der Waals surface area contributed by atoms with Gasteiger partial charge in [0.25, 0.3) is 5.91 Å². The van der Waals surface area contributed by atoms with Gasteiger partial charge in [0.05, 0.1) is 11.6 Å². The van der Waals surface area contributed by atoms with E-state index in [9.17, 15) is 13.6 Å². The molecule has 0 fully saturated rings. The molecular formula is C16H15F2NO2. The molecule has 0 saturated heterocycles. The van der Waals surface area contributed by atoms with E-state index >= 15 is 0 Å². The normalized spacial score (nSPS) is 12.0. The molecular weight excluding hydrogens is 276 g/mol. The highest BCUT2D eigenvalue weighted by Crippen LogP contribution is 2.19. The maximum absolute atomic E-state index is 13.6. The first-order valence-electron chi connectivity index (χ1n) is 6.44. The highest BCUT2D eigenvalue weighted by molar-refractivity contribution is 5.94. The van der Waals surface area contributed by atoms with Crippen molar-refractivity contribution in [2.45, 2.75) is 19.9 Å². The summed E-state index contributed by atoms with van der Waals surface area (Å²) in [7, 11) is 0. The largest absolute Gasteiger partial charge is 0.508 e. The molecule has 5 heteroatoms. The Morgan fingerprint density at radius 1 is 1.14 bits per heavy atom. The number of hydrogen-bond acceptors (Lipinski definition) is 2. The maximum atomic E-state index is 13.6. The molecule has 0 aliphatic carbocycles. The molecule has 0 saturated carbocycles. The van der Waals surface area contributed by atoms with E-state index in [0.717, 1.165) is 6.07 Å². The summed E-state index contributed by atoms with van der Waals surface area (Å²) in [6, 6.07) is 7.49. The summed E-state index contributed by atoms with van der Waals surface area (Å²) in [6.07, 6.45) is 0. The monoisotopic (exact) mass is 291 g/mol. The number of phenolic OH excluding ortho intramolecular Hbond substituents is 1. The van der Waals surface area contributed by atoms with Crippen LogP contribution in [0.1, 0.15) is 34.5 Å². The van der Waals surface area contributed by atoms with Crippen molar-refractivity contribution < 1.29 is 18.7 Å². The zero-order valence-electron chi connectivity index (χ0n) is 11.7. The topological polar surface area (TPSA) is 49.3 Å². The van der Waals surface area contributed by atoms with Crippen molar-refractivity contribution in [3.8, 4) is 5.75 Å². The predicted octanol–water partition coefficient (Wildman–Crippen LogP) is 3.47. The molecule has 1 unspecified atom stereocenters. The second kappa shape index (κ2) is 5.91. The van der Waals surface area contributed by atoms with Crippen LogP contribution < -0.4 is 5.32 Å². The second-order valence-corrected chi connectivity index (χ2v) is 4.87. The third-order valence-corrected chi connectivity index (χ3v) is 3.24. The van der Waals surface area contributed by atoms with Crippen molar-refractivity contribution in [1.29, 1.82) is 0 Å². The zero-order chi connectivity index (χ0) is 15.6. The summed E-state index contributed by atoms with van der Waals surface area (Å²) in [6.45, 7) is 3.33. The van der Waals surface area contributed by atoms with E-state index in [-0.39, 0.29) is 17.1 Å². The number of carbonyl (C=O) groups is 1. The Balaban J connectivity index is 2.16. The van der Waals surface area contributed by atoms with Crippen LogP contribution in [0.5, 0.6) is 5.75 Å². The molecule has 0 aromatic heterocycles. The summed E-state index contributed by atoms with van der Waals surface area (Å²) in [4.78, 5) is 12.0. The van der Waals surface area contributed by atoms with Crippen molar-refractivity contribution >= 4 is 5.91 Å². The fourth-order valence-electron chi connectivity index (χ4n) is 1.92. The molecule has 0 aliphatic heterocycles. The third kappa shape index (κ3) is 3.37. The van der Waals surface area contributed by atoms with E-state index < -0.39 is 17.8 Å². The number of carbonyl (C=O) groups excluding carboxylic acids is 1. The summed E-state index contributed by atoms with van der Waals surface area (Å²) in [5.74, 6) is -2.04. The van der Waals surface area contributed by atoms with E-state index in [1.165, 1.54) is 18.2 Å². The molecule has 1 atom stereocenters. The van der Waals surface area contributed by atoms with Gasteiger partial charge in [0, 0.05) is 6.07 Å². The van der Waals surface area contributed by atoms with E-state index in [1.807, 2.05) is 0 Å². The molecule has 110 valence electrons. The minimum atomic E-state index is -0.810. The van der Waals surface area contributed by atoms with Gasteiger partial charge in [-0.3, -0.25) is 4.79 Å². The van der Waals surface area contributed by atoms with Crippen LogP contribution in [0.3, 0.4) is 0 Å². The van der Waals surface area contributed by atoms with Crippen molar-refractivity contribution in [1.82, 2.24) is 5.32 Å². The lowest BCUT2D eigenvalue weighted by Crippen LogP contribution is -2.27. The Labute approximate surface area is 121 Å². The number of phenols is 1.